The lowest BCUT2D eigenvalue weighted by atomic mass is 9.88. The predicted octanol–water partition coefficient (Wildman–Crippen LogP) is 2.91. The first-order chi connectivity index (χ1) is 14.0. The van der Waals surface area contributed by atoms with Crippen LogP contribution in [0.25, 0.3) is 0 Å². The van der Waals surface area contributed by atoms with Crippen molar-refractivity contribution in [3.8, 4) is 0 Å². The third kappa shape index (κ3) is 5.20. The molecule has 2 amide bonds. The van der Waals surface area contributed by atoms with Crippen LogP contribution in [0.4, 0.5) is 4.79 Å². The van der Waals surface area contributed by atoms with Gasteiger partial charge in [0.05, 0.1) is 12.1 Å². The molecule has 1 saturated heterocycles. The number of aromatic nitrogens is 2. The van der Waals surface area contributed by atoms with Crippen LogP contribution in [0.5, 0.6) is 0 Å². The van der Waals surface area contributed by atoms with E-state index >= 15 is 0 Å². The van der Waals surface area contributed by atoms with Crippen LogP contribution in [0.3, 0.4) is 0 Å². The Morgan fingerprint density at radius 3 is 2.63 bits per heavy atom. The first kappa shape index (κ1) is 22.3. The minimum absolute atomic E-state index is 0.140. The molecule has 8 nitrogen and oxygen atoms in total. The number of hydrogen-bond donors (Lipinski definition) is 3. The van der Waals surface area contributed by atoms with E-state index in [4.69, 9.17) is 10.5 Å². The quantitative estimate of drug-likeness (QED) is 0.609. The van der Waals surface area contributed by atoms with E-state index < -0.39 is 35.7 Å². The Kier molecular flexibility index (Phi) is 6.52. The van der Waals surface area contributed by atoms with Crippen molar-refractivity contribution in [2.24, 2.45) is 11.1 Å². The summed E-state index contributed by atoms with van der Waals surface area (Å²) < 4.78 is 6.15. The number of amides is 2. The third-order valence-electron chi connectivity index (χ3n) is 5.08. The van der Waals surface area contributed by atoms with Gasteiger partial charge in [0.15, 0.2) is 6.10 Å². The van der Waals surface area contributed by atoms with Crippen LogP contribution in [-0.2, 0) is 16.0 Å². The van der Waals surface area contributed by atoms with E-state index in [-0.39, 0.29) is 6.54 Å². The Bertz CT molecular complexity index is 906. The van der Waals surface area contributed by atoms with Crippen molar-refractivity contribution in [2.45, 2.75) is 51.9 Å². The monoisotopic (exact) mass is 478 g/mol. The molecule has 30 heavy (non-hydrogen) atoms. The molecule has 1 unspecified atom stereocenters. The molecule has 1 aromatic heterocycles. The largest absolute Gasteiger partial charge is 0.436 e. The first-order valence-corrected chi connectivity index (χ1v) is 10.6. The number of hydrogen-bond acceptors (Lipinski definition) is 5. The topological polar surface area (TPSA) is 122 Å². The zero-order chi connectivity index (χ0) is 22.1. The van der Waals surface area contributed by atoms with Crippen LogP contribution in [0.1, 0.15) is 50.3 Å². The lowest BCUT2D eigenvalue weighted by Gasteiger charge is -2.33. The van der Waals surface area contributed by atoms with Crippen LogP contribution in [0.2, 0.25) is 0 Å². The molecule has 0 spiro atoms. The van der Waals surface area contributed by atoms with Gasteiger partial charge in [-0.3, -0.25) is 4.79 Å². The Balaban J connectivity index is 1.80. The fourth-order valence-electron chi connectivity index (χ4n) is 3.64. The van der Waals surface area contributed by atoms with E-state index in [9.17, 15) is 14.7 Å². The summed E-state index contributed by atoms with van der Waals surface area (Å²) in [4.78, 5) is 33.8. The number of benzene rings is 1. The van der Waals surface area contributed by atoms with E-state index in [1.54, 1.807) is 27.0 Å². The number of H-pyrrole nitrogens is 1. The lowest BCUT2D eigenvalue weighted by Crippen LogP contribution is -2.48. The molecule has 2 heterocycles. The molecule has 0 radical (unpaired) electrons. The molecule has 3 rings (SSSR count). The summed E-state index contributed by atoms with van der Waals surface area (Å²) in [6.07, 6.45) is 0.0115. The van der Waals surface area contributed by atoms with Crippen LogP contribution in [0, 0.1) is 5.41 Å². The van der Waals surface area contributed by atoms with Crippen molar-refractivity contribution in [1.29, 1.82) is 0 Å². The van der Waals surface area contributed by atoms with E-state index in [2.05, 4.69) is 25.9 Å². The standard InChI is InChI=1S/C21H27BrN4O4/c1-21(2,3)17(30-20(23)29)19(28)26-11-15(27)9-16(26)18-24-10-14(25-18)8-12-4-6-13(22)7-5-12/h4-7,10,15-17,27H,8-9,11H2,1-3H3,(H2,23,29)(H,24,25)/t15-,16+,17?/m1/s1. The number of aromatic amines is 1. The average Bonchev–Trinajstić information content (AvgIpc) is 3.26. The molecule has 1 fully saturated rings. The summed E-state index contributed by atoms with van der Waals surface area (Å²) in [6.45, 7) is 5.52. The summed E-state index contributed by atoms with van der Waals surface area (Å²) in [5.74, 6) is 0.201. The van der Waals surface area contributed by atoms with E-state index in [1.807, 2.05) is 24.3 Å². The summed E-state index contributed by atoms with van der Waals surface area (Å²) in [5, 5.41) is 10.2. The number of carbonyl (C=O) groups excluding carboxylic acids is 2. The maximum atomic E-state index is 13.2. The van der Waals surface area contributed by atoms with Crippen LogP contribution < -0.4 is 5.73 Å². The van der Waals surface area contributed by atoms with Gasteiger partial charge >= 0.3 is 6.09 Å². The van der Waals surface area contributed by atoms with Crippen molar-refractivity contribution < 1.29 is 19.4 Å². The van der Waals surface area contributed by atoms with E-state index in [0.717, 1.165) is 15.7 Å². The number of β-amino-alcohol motifs (C(OH)–C–C–N with tert-alkyl or cyclic N) is 1. The Morgan fingerprint density at radius 1 is 1.37 bits per heavy atom. The van der Waals surface area contributed by atoms with Gasteiger partial charge in [0, 0.05) is 41.2 Å². The number of nitrogens with zero attached hydrogens (tertiary/aromatic N) is 2. The Labute approximate surface area is 183 Å². The fourth-order valence-corrected chi connectivity index (χ4v) is 3.90. The van der Waals surface area contributed by atoms with Crippen molar-refractivity contribution in [1.82, 2.24) is 14.9 Å². The molecule has 0 saturated carbocycles. The molecule has 1 aliphatic heterocycles. The molecular weight excluding hydrogens is 452 g/mol. The number of nitrogens with two attached hydrogens (primary N) is 1. The number of aliphatic hydroxyl groups is 1. The van der Waals surface area contributed by atoms with Crippen molar-refractivity contribution in [3.05, 3.63) is 52.0 Å². The van der Waals surface area contributed by atoms with Gasteiger partial charge in [-0.15, -0.1) is 0 Å². The van der Waals surface area contributed by atoms with Crippen LogP contribution >= 0.6 is 15.9 Å². The van der Waals surface area contributed by atoms with E-state index in [1.165, 1.54) is 4.90 Å². The van der Waals surface area contributed by atoms with Gasteiger partial charge in [0.25, 0.3) is 5.91 Å². The second-order valence-corrected chi connectivity index (χ2v) is 9.59. The van der Waals surface area contributed by atoms with Gasteiger partial charge in [-0.2, -0.15) is 0 Å². The number of aliphatic hydroxyl groups excluding tert-OH is 1. The Morgan fingerprint density at radius 2 is 2.03 bits per heavy atom. The van der Waals surface area contributed by atoms with Gasteiger partial charge in [-0.1, -0.05) is 48.8 Å². The van der Waals surface area contributed by atoms with Crippen molar-refractivity contribution in [2.75, 3.05) is 6.54 Å². The third-order valence-corrected chi connectivity index (χ3v) is 5.61. The van der Waals surface area contributed by atoms with Gasteiger partial charge in [0.2, 0.25) is 0 Å². The van der Waals surface area contributed by atoms with E-state index in [0.29, 0.717) is 18.7 Å². The number of imidazole rings is 1. The van der Waals surface area contributed by atoms with Crippen molar-refractivity contribution in [3.63, 3.8) is 0 Å². The number of likely N-dealkylation sites (tertiary alicyclic amines) is 1. The summed E-state index contributed by atoms with van der Waals surface area (Å²) in [7, 11) is 0. The highest BCUT2D eigenvalue weighted by Crippen LogP contribution is 2.34. The molecule has 3 atom stereocenters. The number of carbonyl (C=O) groups is 2. The molecule has 1 aromatic carbocycles. The molecule has 0 bridgehead atoms. The number of rotatable bonds is 5. The number of ether oxygens (including phenoxy) is 1. The zero-order valence-corrected chi connectivity index (χ0v) is 18.8. The van der Waals surface area contributed by atoms with Crippen LogP contribution in [0.15, 0.2) is 34.9 Å². The van der Waals surface area contributed by atoms with Gasteiger partial charge in [-0.05, 0) is 17.7 Å². The molecule has 162 valence electrons. The number of halogens is 1. The molecule has 4 N–H and O–H groups in total. The minimum atomic E-state index is -1.06. The maximum absolute atomic E-state index is 13.2. The number of primary amides is 1. The second kappa shape index (κ2) is 8.77. The maximum Gasteiger partial charge on any atom is 0.405 e. The smallest absolute Gasteiger partial charge is 0.405 e. The molecule has 9 heteroatoms. The second-order valence-electron chi connectivity index (χ2n) is 8.68. The predicted molar refractivity (Wildman–Crippen MR) is 115 cm³/mol. The molecular formula is C21H27BrN4O4. The van der Waals surface area contributed by atoms with Gasteiger partial charge in [0.1, 0.15) is 5.82 Å². The zero-order valence-electron chi connectivity index (χ0n) is 17.3. The van der Waals surface area contributed by atoms with Crippen molar-refractivity contribution >= 4 is 27.9 Å². The summed E-state index contributed by atoms with van der Waals surface area (Å²) in [5.41, 5.74) is 6.56. The van der Waals surface area contributed by atoms with Gasteiger partial charge in [-0.25, -0.2) is 9.78 Å². The summed E-state index contributed by atoms with van der Waals surface area (Å²) >= 11 is 3.43. The molecule has 0 aliphatic carbocycles. The highest BCUT2D eigenvalue weighted by molar-refractivity contribution is 9.10. The summed E-state index contributed by atoms with van der Waals surface area (Å²) in [6, 6.07) is 7.56. The molecule has 1 aliphatic rings. The highest BCUT2D eigenvalue weighted by atomic mass is 79.9. The first-order valence-electron chi connectivity index (χ1n) is 9.77. The molecule has 2 aromatic rings. The minimum Gasteiger partial charge on any atom is -0.436 e. The number of nitrogens with one attached hydrogen (secondary N) is 1. The van der Waals surface area contributed by atoms with Crippen LogP contribution in [-0.4, -0.2) is 50.7 Å². The lowest BCUT2D eigenvalue weighted by molar-refractivity contribution is -0.147. The average molecular weight is 479 g/mol. The highest BCUT2D eigenvalue weighted by Gasteiger charge is 2.44. The SMILES string of the molecule is CC(C)(C)C(OC(N)=O)C(=O)N1C[C@H](O)C[C@H]1c1ncc(Cc2ccc(Br)cc2)[nH]1. The van der Waals surface area contributed by atoms with Gasteiger partial charge < -0.3 is 25.5 Å². The Hall–Kier alpha value is -2.39. The fraction of sp³-hybridized carbons (Fsp3) is 0.476. The normalized spacial score (nSPS) is 20.2.